The van der Waals surface area contributed by atoms with E-state index in [4.69, 9.17) is 0 Å². The van der Waals surface area contributed by atoms with Crippen molar-refractivity contribution in [3.8, 4) is 19.5 Å². The van der Waals surface area contributed by atoms with Crippen molar-refractivity contribution in [1.29, 1.82) is 0 Å². The Kier molecular flexibility index (Phi) is 4.16. The zero-order valence-corrected chi connectivity index (χ0v) is 13.6. The number of hydrogen-bond acceptors (Lipinski definition) is 6. The van der Waals surface area contributed by atoms with E-state index < -0.39 is 0 Å². The summed E-state index contributed by atoms with van der Waals surface area (Å²) in [4.78, 5) is 16.2. The van der Waals surface area contributed by atoms with Gasteiger partial charge in [-0.15, -0.1) is 22.7 Å². The van der Waals surface area contributed by atoms with Crippen molar-refractivity contribution < 1.29 is 4.92 Å². The molecule has 3 heterocycles. The smallest absolute Gasteiger partial charge is 0.315 e. The van der Waals surface area contributed by atoms with Gasteiger partial charge < -0.3 is 5.32 Å². The van der Waals surface area contributed by atoms with Gasteiger partial charge in [0.1, 0.15) is 0 Å². The molecule has 3 aromatic rings. The molecule has 0 spiro atoms. The summed E-state index contributed by atoms with van der Waals surface area (Å²) in [7, 11) is 1.94. The Morgan fingerprint density at radius 3 is 2.14 bits per heavy atom. The Bertz CT molecular complexity index is 773. The largest absolute Gasteiger partial charge is 0.324 e. The van der Waals surface area contributed by atoms with E-state index in [9.17, 15) is 10.1 Å². The number of thiophene rings is 3. The molecule has 0 atom stereocenters. The van der Waals surface area contributed by atoms with Gasteiger partial charge in [0.2, 0.25) is 0 Å². The molecule has 0 aliphatic carbocycles. The summed E-state index contributed by atoms with van der Waals surface area (Å²) in [5.41, 5.74) is 0. The van der Waals surface area contributed by atoms with Gasteiger partial charge in [0.15, 0.2) is 0 Å². The van der Waals surface area contributed by atoms with Crippen molar-refractivity contribution >= 4 is 39.0 Å². The second-order valence-corrected chi connectivity index (χ2v) is 7.67. The zero-order chi connectivity index (χ0) is 14.8. The van der Waals surface area contributed by atoms with Crippen molar-refractivity contribution in [3.63, 3.8) is 0 Å². The fourth-order valence-electron chi connectivity index (χ4n) is 1.94. The molecular weight excluding hydrogens is 324 g/mol. The van der Waals surface area contributed by atoms with Crippen LogP contribution in [0.25, 0.3) is 19.5 Å². The van der Waals surface area contributed by atoms with Crippen LogP contribution in [0.15, 0.2) is 36.4 Å². The average molecular weight is 336 g/mol. The van der Waals surface area contributed by atoms with Gasteiger partial charge in [-0.2, -0.15) is 0 Å². The van der Waals surface area contributed by atoms with Crippen LogP contribution in [0.3, 0.4) is 0 Å². The number of hydrogen-bond donors (Lipinski definition) is 1. The summed E-state index contributed by atoms with van der Waals surface area (Å²) in [5, 5.41) is 14.1. The maximum Gasteiger partial charge on any atom is 0.324 e. The molecule has 1 N–H and O–H groups in total. The van der Waals surface area contributed by atoms with Crippen molar-refractivity contribution in [3.05, 3.63) is 51.4 Å². The van der Waals surface area contributed by atoms with Crippen molar-refractivity contribution in [2.24, 2.45) is 0 Å². The van der Waals surface area contributed by atoms with E-state index in [-0.39, 0.29) is 9.92 Å². The third-order valence-corrected chi connectivity index (χ3v) is 6.48. The third-order valence-electron chi connectivity index (χ3n) is 2.88. The van der Waals surface area contributed by atoms with Crippen LogP contribution in [0.4, 0.5) is 5.00 Å². The molecule has 0 aliphatic heterocycles. The minimum absolute atomic E-state index is 0.187. The minimum Gasteiger partial charge on any atom is -0.315 e. The number of nitrogens with zero attached hydrogens (tertiary/aromatic N) is 1. The Morgan fingerprint density at radius 1 is 0.952 bits per heavy atom. The lowest BCUT2D eigenvalue weighted by Crippen LogP contribution is -2.02. The Balaban J connectivity index is 1.86. The van der Waals surface area contributed by atoms with Crippen LogP contribution >= 0.6 is 34.0 Å². The average Bonchev–Trinajstić information content (AvgIpc) is 3.18. The van der Waals surface area contributed by atoms with Crippen LogP contribution < -0.4 is 5.32 Å². The normalized spacial score (nSPS) is 10.9. The first-order valence-corrected chi connectivity index (χ1v) is 8.70. The van der Waals surface area contributed by atoms with E-state index in [1.807, 2.05) is 19.2 Å². The first-order chi connectivity index (χ1) is 10.2. The quantitative estimate of drug-likeness (QED) is 0.536. The highest BCUT2D eigenvalue weighted by molar-refractivity contribution is 7.27. The highest BCUT2D eigenvalue weighted by atomic mass is 32.1. The summed E-state index contributed by atoms with van der Waals surface area (Å²) in [5.74, 6) is 0. The molecule has 0 fully saturated rings. The molecule has 0 bridgehead atoms. The molecule has 0 saturated heterocycles. The lowest BCUT2D eigenvalue weighted by molar-refractivity contribution is -0.380. The van der Waals surface area contributed by atoms with Gasteiger partial charge in [0, 0.05) is 32.1 Å². The maximum atomic E-state index is 10.8. The molecule has 0 amide bonds. The third kappa shape index (κ3) is 3.06. The monoisotopic (exact) mass is 336 g/mol. The predicted octanol–water partition coefficient (Wildman–Crippen LogP) is 4.83. The molecule has 0 aliphatic rings. The van der Waals surface area contributed by atoms with E-state index in [2.05, 4.69) is 23.5 Å². The van der Waals surface area contributed by atoms with Crippen molar-refractivity contribution in [1.82, 2.24) is 5.32 Å². The van der Waals surface area contributed by atoms with E-state index >= 15 is 0 Å². The van der Waals surface area contributed by atoms with Crippen LogP contribution in [0, 0.1) is 10.1 Å². The molecule has 7 heteroatoms. The van der Waals surface area contributed by atoms with Crippen LogP contribution in [-0.2, 0) is 6.54 Å². The fourth-order valence-corrected chi connectivity index (χ4v) is 4.97. The Morgan fingerprint density at radius 2 is 1.52 bits per heavy atom. The number of rotatable bonds is 5. The van der Waals surface area contributed by atoms with Gasteiger partial charge in [-0.1, -0.05) is 11.3 Å². The van der Waals surface area contributed by atoms with Crippen LogP contribution in [0.2, 0.25) is 0 Å². The first kappa shape index (κ1) is 14.4. The fraction of sp³-hybridized carbons (Fsp3) is 0.143. The molecule has 108 valence electrons. The first-order valence-electron chi connectivity index (χ1n) is 6.25. The predicted molar refractivity (Wildman–Crippen MR) is 90.4 cm³/mol. The topological polar surface area (TPSA) is 55.2 Å². The van der Waals surface area contributed by atoms with Gasteiger partial charge in [-0.3, -0.25) is 10.1 Å². The molecule has 0 aromatic carbocycles. The van der Waals surface area contributed by atoms with Crippen molar-refractivity contribution in [2.75, 3.05) is 7.05 Å². The summed E-state index contributed by atoms with van der Waals surface area (Å²) in [6.45, 7) is 0.875. The Labute approximate surface area is 133 Å². The maximum absolute atomic E-state index is 10.8. The Hall–Kier alpha value is -1.54. The van der Waals surface area contributed by atoms with Crippen LogP contribution in [0.5, 0.6) is 0 Å². The van der Waals surface area contributed by atoms with Gasteiger partial charge in [-0.05, 0) is 37.4 Å². The van der Waals surface area contributed by atoms with Gasteiger partial charge in [-0.25, -0.2) is 0 Å². The molecule has 3 aromatic heterocycles. The molecule has 0 radical (unpaired) electrons. The summed E-state index contributed by atoms with van der Waals surface area (Å²) in [6.07, 6.45) is 0. The summed E-state index contributed by atoms with van der Waals surface area (Å²) >= 11 is 4.67. The molecule has 4 nitrogen and oxygen atoms in total. The van der Waals surface area contributed by atoms with E-state index in [0.29, 0.717) is 0 Å². The SMILES string of the molecule is CNCc1ccc(-c2ccc(-c3ccc([N+](=O)[O-])s3)s2)s1. The zero-order valence-electron chi connectivity index (χ0n) is 11.2. The highest BCUT2D eigenvalue weighted by Gasteiger charge is 2.13. The van der Waals surface area contributed by atoms with E-state index in [1.54, 1.807) is 28.7 Å². The van der Waals surface area contributed by atoms with Gasteiger partial charge >= 0.3 is 5.00 Å². The minimum atomic E-state index is -0.341. The van der Waals surface area contributed by atoms with E-state index in [1.165, 1.54) is 26.0 Å². The van der Waals surface area contributed by atoms with Crippen molar-refractivity contribution in [2.45, 2.75) is 6.54 Å². The molecule has 0 saturated carbocycles. The van der Waals surface area contributed by atoms with Crippen LogP contribution in [-0.4, -0.2) is 12.0 Å². The molecule has 0 unspecified atom stereocenters. The molecule has 21 heavy (non-hydrogen) atoms. The standard InChI is InChI=1S/C14H12N2O2S3/c1-15-8-9-2-3-10(19-9)11-4-5-12(20-11)13-6-7-14(21-13)16(17)18/h2-7,15H,8H2,1H3. The lowest BCUT2D eigenvalue weighted by Gasteiger charge is -1.92. The summed E-state index contributed by atoms with van der Waals surface area (Å²) < 4.78 is 0. The highest BCUT2D eigenvalue weighted by Crippen LogP contribution is 2.41. The van der Waals surface area contributed by atoms with Gasteiger partial charge in [0.05, 0.1) is 9.80 Å². The molecule has 3 rings (SSSR count). The van der Waals surface area contributed by atoms with E-state index in [0.717, 1.165) is 16.3 Å². The second-order valence-electron chi connectivity index (χ2n) is 4.36. The second kappa shape index (κ2) is 6.07. The molecular formula is C14H12N2O2S3. The van der Waals surface area contributed by atoms with Gasteiger partial charge in [0.25, 0.3) is 0 Å². The number of nitro groups is 1. The van der Waals surface area contributed by atoms with Crippen LogP contribution in [0.1, 0.15) is 4.88 Å². The summed E-state index contributed by atoms with van der Waals surface area (Å²) in [6, 6.07) is 11.8. The number of nitrogens with one attached hydrogen (secondary N) is 1. The lowest BCUT2D eigenvalue weighted by atomic mass is 10.3.